The summed E-state index contributed by atoms with van der Waals surface area (Å²) >= 11 is 1.45. The molecule has 5 nitrogen and oxygen atoms in total. The van der Waals surface area contributed by atoms with Gasteiger partial charge in [-0.25, -0.2) is 5.43 Å². The first-order valence-electron chi connectivity index (χ1n) is 7.02. The normalized spacial score (nSPS) is 12.1. The van der Waals surface area contributed by atoms with Gasteiger partial charge >= 0.3 is 0 Å². The summed E-state index contributed by atoms with van der Waals surface area (Å²) in [5.41, 5.74) is 2.94. The van der Waals surface area contributed by atoms with Crippen LogP contribution in [-0.4, -0.2) is 29.6 Å². The van der Waals surface area contributed by atoms with Crippen LogP contribution in [0.3, 0.4) is 0 Å². The summed E-state index contributed by atoms with van der Waals surface area (Å²) < 4.78 is 5.02. The number of thioether (sulfide) groups is 1. The third-order valence-electron chi connectivity index (χ3n) is 3.05. The average Bonchev–Trinajstić information content (AvgIpc) is 2.57. The van der Waals surface area contributed by atoms with E-state index in [1.54, 1.807) is 18.2 Å². The third kappa shape index (κ3) is 4.75. The van der Waals surface area contributed by atoms with Gasteiger partial charge in [-0.15, -0.1) is 11.8 Å². The molecule has 2 aromatic rings. The highest BCUT2D eigenvalue weighted by atomic mass is 32.2. The molecule has 0 saturated heterocycles. The van der Waals surface area contributed by atoms with Gasteiger partial charge in [0.2, 0.25) is 0 Å². The summed E-state index contributed by atoms with van der Waals surface area (Å²) in [4.78, 5) is 13.0. The van der Waals surface area contributed by atoms with Gasteiger partial charge in [-0.1, -0.05) is 24.3 Å². The highest BCUT2D eigenvalue weighted by Gasteiger charge is 2.13. The van der Waals surface area contributed by atoms with Crippen molar-refractivity contribution in [2.75, 3.05) is 7.11 Å². The van der Waals surface area contributed by atoms with E-state index in [-0.39, 0.29) is 16.9 Å². The minimum Gasteiger partial charge on any atom is -0.504 e. The molecule has 0 saturated carbocycles. The molecular formula is C17H18N2O3S. The number of nitrogens with one attached hydrogen (secondary N) is 1. The number of methoxy groups -OCH3 is 1. The predicted octanol–water partition coefficient (Wildman–Crippen LogP) is 3.03. The topological polar surface area (TPSA) is 70.9 Å². The second-order valence-corrected chi connectivity index (χ2v) is 6.12. The van der Waals surface area contributed by atoms with E-state index in [4.69, 9.17) is 4.74 Å². The number of carbonyl (C=O) groups excluding carboxylic acids is 1. The highest BCUT2D eigenvalue weighted by Crippen LogP contribution is 2.28. The largest absolute Gasteiger partial charge is 0.504 e. The molecule has 0 heterocycles. The first kappa shape index (κ1) is 16.9. The van der Waals surface area contributed by atoms with Gasteiger partial charge in [0.15, 0.2) is 11.5 Å². The molecule has 2 rings (SSSR count). The number of para-hydroxylation sites is 1. The fourth-order valence-electron chi connectivity index (χ4n) is 1.82. The van der Waals surface area contributed by atoms with Crippen molar-refractivity contribution in [1.82, 2.24) is 5.43 Å². The molecule has 0 spiro atoms. The Morgan fingerprint density at radius 2 is 2.00 bits per heavy atom. The summed E-state index contributed by atoms with van der Waals surface area (Å²) in [6.07, 6.45) is 1.38. The fourth-order valence-corrected chi connectivity index (χ4v) is 2.70. The number of hydrogen-bond acceptors (Lipinski definition) is 5. The molecule has 2 N–H and O–H groups in total. The summed E-state index contributed by atoms with van der Waals surface area (Å²) in [5, 5.41) is 13.5. The van der Waals surface area contributed by atoms with Crippen molar-refractivity contribution in [2.45, 2.75) is 17.1 Å². The maximum Gasteiger partial charge on any atom is 0.253 e. The molecule has 0 bridgehead atoms. The zero-order chi connectivity index (χ0) is 16.7. The van der Waals surface area contributed by atoms with E-state index in [1.807, 2.05) is 37.3 Å². The molecule has 0 aliphatic heterocycles. The van der Waals surface area contributed by atoms with Crippen molar-refractivity contribution < 1.29 is 14.6 Å². The standard InChI is InChI=1S/C17H18N2O3S/c1-12(23-14-8-4-3-5-9-14)17(21)19-18-11-13-7-6-10-15(22-2)16(13)20/h3-12,20H,1-2H3,(H,19,21)/b18-11-/t12-/m0/s1. The molecule has 23 heavy (non-hydrogen) atoms. The van der Waals surface area contributed by atoms with E-state index in [0.29, 0.717) is 11.3 Å². The summed E-state index contributed by atoms with van der Waals surface area (Å²) in [6, 6.07) is 14.7. The number of amides is 1. The first-order valence-corrected chi connectivity index (χ1v) is 7.90. The molecule has 6 heteroatoms. The number of nitrogens with zero attached hydrogens (tertiary/aromatic N) is 1. The number of carbonyl (C=O) groups is 1. The van der Waals surface area contributed by atoms with Crippen LogP contribution >= 0.6 is 11.8 Å². The van der Waals surface area contributed by atoms with Crippen LogP contribution in [0.5, 0.6) is 11.5 Å². The molecule has 0 aliphatic rings. The van der Waals surface area contributed by atoms with Gasteiger partial charge in [-0.05, 0) is 31.2 Å². The summed E-state index contributed by atoms with van der Waals surface area (Å²) in [5.74, 6) is 0.130. The SMILES string of the molecule is COc1cccc(/C=N\NC(=O)[C@H](C)Sc2ccccc2)c1O. The van der Waals surface area contributed by atoms with Gasteiger partial charge in [0.05, 0.1) is 18.6 Å². The smallest absolute Gasteiger partial charge is 0.253 e. The van der Waals surface area contributed by atoms with Crippen LogP contribution in [0.15, 0.2) is 58.5 Å². The molecule has 1 amide bonds. The highest BCUT2D eigenvalue weighted by molar-refractivity contribution is 8.00. The molecule has 0 radical (unpaired) electrons. The molecule has 0 unspecified atom stereocenters. The lowest BCUT2D eigenvalue weighted by atomic mass is 10.2. The lowest BCUT2D eigenvalue weighted by molar-refractivity contribution is -0.120. The predicted molar refractivity (Wildman–Crippen MR) is 92.2 cm³/mol. The number of phenolic OH excluding ortho intramolecular Hbond substituents is 1. The Balaban J connectivity index is 1.93. The van der Waals surface area contributed by atoms with Crippen LogP contribution in [0.1, 0.15) is 12.5 Å². The fraction of sp³-hybridized carbons (Fsp3) is 0.176. The first-order chi connectivity index (χ1) is 11.1. The number of aromatic hydroxyl groups is 1. The van der Waals surface area contributed by atoms with Gasteiger partial charge < -0.3 is 9.84 Å². The monoisotopic (exact) mass is 330 g/mol. The van der Waals surface area contributed by atoms with Crippen LogP contribution in [0.2, 0.25) is 0 Å². The Morgan fingerprint density at radius 3 is 2.70 bits per heavy atom. The van der Waals surface area contributed by atoms with E-state index in [1.165, 1.54) is 25.1 Å². The van der Waals surface area contributed by atoms with Gasteiger partial charge in [-0.2, -0.15) is 5.10 Å². The maximum atomic E-state index is 12.0. The molecule has 0 fully saturated rings. The Kier molecular flexibility index (Phi) is 6.05. The average molecular weight is 330 g/mol. The van der Waals surface area contributed by atoms with Crippen molar-refractivity contribution in [3.8, 4) is 11.5 Å². The van der Waals surface area contributed by atoms with Crippen LogP contribution in [0, 0.1) is 0 Å². The number of hydrazone groups is 1. The quantitative estimate of drug-likeness (QED) is 0.485. The van der Waals surface area contributed by atoms with Gasteiger partial charge in [0, 0.05) is 10.5 Å². The number of ether oxygens (including phenoxy) is 1. The number of phenols is 1. The lowest BCUT2D eigenvalue weighted by Crippen LogP contribution is -2.26. The molecular weight excluding hydrogens is 312 g/mol. The number of rotatable bonds is 6. The molecule has 120 valence electrons. The van der Waals surface area contributed by atoms with Crippen molar-refractivity contribution >= 4 is 23.9 Å². The molecule has 0 aromatic heterocycles. The number of hydrogen-bond donors (Lipinski definition) is 2. The van der Waals surface area contributed by atoms with Crippen molar-refractivity contribution in [3.05, 3.63) is 54.1 Å². The van der Waals surface area contributed by atoms with Crippen molar-refractivity contribution in [2.24, 2.45) is 5.10 Å². The lowest BCUT2D eigenvalue weighted by Gasteiger charge is -2.09. The minimum absolute atomic E-state index is 0.0142. The Hall–Kier alpha value is -2.47. The van der Waals surface area contributed by atoms with Crippen LogP contribution in [-0.2, 0) is 4.79 Å². The van der Waals surface area contributed by atoms with Crippen LogP contribution in [0.4, 0.5) is 0 Å². The van der Waals surface area contributed by atoms with Crippen LogP contribution < -0.4 is 10.2 Å². The van der Waals surface area contributed by atoms with Crippen LogP contribution in [0.25, 0.3) is 0 Å². The van der Waals surface area contributed by atoms with E-state index in [2.05, 4.69) is 10.5 Å². The van der Waals surface area contributed by atoms with Gasteiger partial charge in [0.25, 0.3) is 5.91 Å². The van der Waals surface area contributed by atoms with E-state index in [0.717, 1.165) is 4.90 Å². The zero-order valence-corrected chi connectivity index (χ0v) is 13.7. The van der Waals surface area contributed by atoms with Crippen molar-refractivity contribution in [1.29, 1.82) is 0 Å². The number of benzene rings is 2. The van der Waals surface area contributed by atoms with E-state index >= 15 is 0 Å². The van der Waals surface area contributed by atoms with Crippen molar-refractivity contribution in [3.63, 3.8) is 0 Å². The Labute approximate surface area is 139 Å². The van der Waals surface area contributed by atoms with E-state index in [9.17, 15) is 9.90 Å². The Bertz CT molecular complexity index is 689. The Morgan fingerprint density at radius 1 is 1.26 bits per heavy atom. The molecule has 2 aromatic carbocycles. The van der Waals surface area contributed by atoms with Gasteiger partial charge in [-0.3, -0.25) is 4.79 Å². The molecule has 0 aliphatic carbocycles. The van der Waals surface area contributed by atoms with E-state index < -0.39 is 0 Å². The zero-order valence-electron chi connectivity index (χ0n) is 12.9. The minimum atomic E-state index is -0.284. The second-order valence-electron chi connectivity index (χ2n) is 4.71. The van der Waals surface area contributed by atoms with Gasteiger partial charge in [0.1, 0.15) is 0 Å². The summed E-state index contributed by atoms with van der Waals surface area (Å²) in [7, 11) is 1.47. The third-order valence-corrected chi connectivity index (χ3v) is 4.17. The maximum absolute atomic E-state index is 12.0. The second kappa shape index (κ2) is 8.24. The summed E-state index contributed by atoms with van der Waals surface area (Å²) in [6.45, 7) is 1.81. The molecule has 1 atom stereocenters.